The molecule has 0 aliphatic heterocycles. The quantitative estimate of drug-likeness (QED) is 0.202. The van der Waals surface area contributed by atoms with Gasteiger partial charge in [0.25, 0.3) is 0 Å². The van der Waals surface area contributed by atoms with Crippen molar-refractivity contribution in [2.75, 3.05) is 0 Å². The van der Waals surface area contributed by atoms with Gasteiger partial charge in [0.05, 0.1) is 0 Å². The van der Waals surface area contributed by atoms with E-state index in [2.05, 4.69) is 34.9 Å². The highest BCUT2D eigenvalue weighted by Gasteiger charge is 1.63. The van der Waals surface area contributed by atoms with Gasteiger partial charge in [-0.15, -0.1) is 0 Å². The van der Waals surface area contributed by atoms with Crippen LogP contribution in [0.15, 0.2) is 30.0 Å². The van der Waals surface area contributed by atoms with Crippen LogP contribution < -0.4 is 11.0 Å². The Hall–Kier alpha value is -1.16. The molecule has 2 N–H and O–H groups in total. The van der Waals surface area contributed by atoms with E-state index in [-0.39, 0.29) is 0 Å². The van der Waals surface area contributed by atoms with Gasteiger partial charge in [-0.3, -0.25) is 5.43 Å². The van der Waals surface area contributed by atoms with Crippen LogP contribution in [-0.4, -0.2) is 11.6 Å². The van der Waals surface area contributed by atoms with Crippen LogP contribution in [0.4, 0.5) is 0 Å². The Kier molecular flexibility index (Phi) is 6.93. The van der Waals surface area contributed by atoms with Gasteiger partial charge in [-0.2, -0.15) is 5.10 Å². The van der Waals surface area contributed by atoms with E-state index in [0.717, 1.165) is 0 Å². The number of nitrogens with zero attached hydrogens (tertiary/aromatic N) is 1. The van der Waals surface area contributed by atoms with Crippen LogP contribution in [0.1, 0.15) is 0 Å². The van der Waals surface area contributed by atoms with Crippen LogP contribution in [0.3, 0.4) is 0 Å². The molecule has 0 fully saturated rings. The number of nitrogens with one attached hydrogen (secondary N) is 2. The van der Waals surface area contributed by atoms with Crippen molar-refractivity contribution in [2.24, 2.45) is 5.10 Å². The molecule has 4 heteroatoms. The van der Waals surface area contributed by atoms with E-state index in [1.807, 2.05) is 0 Å². The molecular formula is C6H9N3S. The van der Waals surface area contributed by atoms with Crippen LogP contribution in [-0.2, 0) is 0 Å². The number of hydrogen-bond acceptors (Lipinski definition) is 4. The fraction of sp³-hybridized carbons (Fsp3) is 0. The molecule has 10 heavy (non-hydrogen) atoms. The predicted molar refractivity (Wildman–Crippen MR) is 47.8 cm³/mol. The molecular weight excluding hydrogens is 146 g/mol. The first-order chi connectivity index (χ1) is 4.91. The standard InChI is InChI=1S/C6H9N3S/c1-2-4-7-9-8-5-3-6-10/h2-6,8-9H,1H2/b5-3+,7-4+. The first kappa shape index (κ1) is 8.84. The topological polar surface area (TPSA) is 36.4 Å². The van der Waals surface area contributed by atoms with E-state index in [1.165, 1.54) is 11.6 Å². The molecule has 0 bridgehead atoms. The summed E-state index contributed by atoms with van der Waals surface area (Å²) in [6.45, 7) is 3.44. The van der Waals surface area contributed by atoms with Crippen LogP contribution in [0.2, 0.25) is 0 Å². The minimum Gasteiger partial charge on any atom is -0.292 e. The molecule has 0 unspecified atom stereocenters. The Morgan fingerprint density at radius 1 is 1.50 bits per heavy atom. The Morgan fingerprint density at radius 2 is 2.30 bits per heavy atom. The van der Waals surface area contributed by atoms with E-state index in [4.69, 9.17) is 0 Å². The van der Waals surface area contributed by atoms with Crippen molar-refractivity contribution < 1.29 is 0 Å². The minimum absolute atomic E-state index is 1.49. The number of hydrazone groups is 1. The molecule has 54 valence electrons. The molecule has 0 aliphatic carbocycles. The lowest BCUT2D eigenvalue weighted by molar-refractivity contribution is 0.672. The summed E-state index contributed by atoms with van der Waals surface area (Å²) < 4.78 is 0. The van der Waals surface area contributed by atoms with Crippen LogP contribution in [0.5, 0.6) is 0 Å². The molecule has 3 nitrogen and oxygen atoms in total. The summed E-state index contributed by atoms with van der Waals surface area (Å²) >= 11 is 4.52. The van der Waals surface area contributed by atoms with Crippen molar-refractivity contribution in [1.82, 2.24) is 11.0 Å². The second-order valence-corrected chi connectivity index (χ2v) is 1.54. The lowest BCUT2D eigenvalue weighted by Crippen LogP contribution is -2.20. The zero-order valence-corrected chi connectivity index (χ0v) is 6.27. The number of hydrazine groups is 1. The second-order valence-electron chi connectivity index (χ2n) is 1.27. The lowest BCUT2D eigenvalue weighted by Gasteiger charge is -1.93. The van der Waals surface area contributed by atoms with Gasteiger partial charge in [0.15, 0.2) is 0 Å². The van der Waals surface area contributed by atoms with E-state index in [1.54, 1.807) is 18.4 Å². The van der Waals surface area contributed by atoms with Crippen molar-refractivity contribution in [3.8, 4) is 0 Å². The maximum Gasteiger partial charge on any atom is 0.0482 e. The zero-order chi connectivity index (χ0) is 7.66. The van der Waals surface area contributed by atoms with Crippen molar-refractivity contribution >= 4 is 23.8 Å². The molecule has 0 spiro atoms. The summed E-state index contributed by atoms with van der Waals surface area (Å²) in [4.78, 5) is 0. The first-order valence-electron chi connectivity index (χ1n) is 2.66. The number of thiocarbonyl (C=S) groups is 1. The Balaban J connectivity index is 3.19. The number of rotatable bonds is 5. The summed E-state index contributed by atoms with van der Waals surface area (Å²) in [7, 11) is 0. The molecule has 0 aromatic rings. The van der Waals surface area contributed by atoms with Crippen molar-refractivity contribution in [2.45, 2.75) is 0 Å². The van der Waals surface area contributed by atoms with Gasteiger partial charge in [-0.05, 0) is 12.2 Å². The van der Waals surface area contributed by atoms with Crippen LogP contribution >= 0.6 is 12.2 Å². The largest absolute Gasteiger partial charge is 0.292 e. The average molecular weight is 155 g/mol. The number of hydrogen-bond donors (Lipinski definition) is 2. The average Bonchev–Trinajstić information content (AvgIpc) is 1.97. The molecule has 0 aromatic carbocycles. The van der Waals surface area contributed by atoms with Gasteiger partial charge < -0.3 is 0 Å². The van der Waals surface area contributed by atoms with Gasteiger partial charge >= 0.3 is 0 Å². The zero-order valence-electron chi connectivity index (χ0n) is 5.45. The normalized spacial score (nSPS) is 10.0. The first-order valence-corrected chi connectivity index (χ1v) is 3.14. The fourth-order valence-corrected chi connectivity index (χ4v) is 0.330. The summed E-state index contributed by atoms with van der Waals surface area (Å²) in [5.41, 5.74) is 5.16. The Morgan fingerprint density at radius 3 is 2.90 bits per heavy atom. The lowest BCUT2D eigenvalue weighted by atomic mass is 10.7. The van der Waals surface area contributed by atoms with E-state index < -0.39 is 0 Å². The van der Waals surface area contributed by atoms with Crippen LogP contribution in [0.25, 0.3) is 0 Å². The smallest absolute Gasteiger partial charge is 0.0482 e. The molecule has 0 atom stereocenters. The van der Waals surface area contributed by atoms with E-state index in [9.17, 15) is 0 Å². The highest BCUT2D eigenvalue weighted by Crippen LogP contribution is 1.59. The fourth-order valence-electron chi connectivity index (χ4n) is 0.252. The number of allylic oxidation sites excluding steroid dienone is 2. The van der Waals surface area contributed by atoms with E-state index >= 15 is 0 Å². The van der Waals surface area contributed by atoms with Crippen molar-refractivity contribution in [3.63, 3.8) is 0 Å². The molecule has 0 saturated heterocycles. The molecule has 0 rings (SSSR count). The van der Waals surface area contributed by atoms with Crippen molar-refractivity contribution in [1.29, 1.82) is 0 Å². The molecule has 0 aliphatic rings. The maximum absolute atomic E-state index is 4.52. The maximum atomic E-state index is 4.52. The third-order valence-corrected chi connectivity index (χ3v) is 0.724. The van der Waals surface area contributed by atoms with Crippen LogP contribution in [0, 0.1) is 0 Å². The Labute approximate surface area is 65.5 Å². The second kappa shape index (κ2) is 7.84. The minimum atomic E-state index is 1.49. The summed E-state index contributed by atoms with van der Waals surface area (Å²) in [5, 5.41) is 5.15. The van der Waals surface area contributed by atoms with Gasteiger partial charge in [0.1, 0.15) is 0 Å². The monoisotopic (exact) mass is 155 g/mol. The molecule has 0 amide bonds. The molecule has 0 radical (unpaired) electrons. The highest BCUT2D eigenvalue weighted by molar-refractivity contribution is 7.79. The van der Waals surface area contributed by atoms with Gasteiger partial charge in [0.2, 0.25) is 0 Å². The third kappa shape index (κ3) is 6.84. The molecule has 0 heterocycles. The highest BCUT2D eigenvalue weighted by atomic mass is 32.1. The predicted octanol–water partition coefficient (Wildman–Crippen LogP) is 0.766. The van der Waals surface area contributed by atoms with Gasteiger partial charge in [-0.1, -0.05) is 18.8 Å². The van der Waals surface area contributed by atoms with Gasteiger partial charge in [-0.25, -0.2) is 5.53 Å². The van der Waals surface area contributed by atoms with E-state index in [0.29, 0.717) is 0 Å². The molecule has 0 saturated carbocycles. The van der Waals surface area contributed by atoms with Crippen molar-refractivity contribution in [3.05, 3.63) is 24.9 Å². The summed E-state index contributed by atoms with van der Waals surface area (Å²) in [6.07, 6.45) is 6.40. The summed E-state index contributed by atoms with van der Waals surface area (Å²) in [6, 6.07) is 0. The Bertz CT molecular complexity index is 133. The van der Waals surface area contributed by atoms with Gasteiger partial charge in [0, 0.05) is 17.8 Å². The summed E-state index contributed by atoms with van der Waals surface area (Å²) in [5.74, 6) is 0. The molecule has 0 aromatic heterocycles. The third-order valence-electron chi connectivity index (χ3n) is 0.567. The SMILES string of the molecule is C=C/C=N/NN/C=C/C=S.